The molecule has 3 aliphatic carbocycles. The van der Waals surface area contributed by atoms with Crippen molar-refractivity contribution in [2.45, 2.75) is 38.1 Å². The molecule has 34 heavy (non-hydrogen) atoms. The second-order valence-corrected chi connectivity index (χ2v) is 9.57. The molecule has 0 radical (unpaired) electrons. The topological polar surface area (TPSA) is 105 Å². The van der Waals surface area contributed by atoms with Crippen molar-refractivity contribution in [2.24, 2.45) is 11.3 Å². The second kappa shape index (κ2) is 8.63. The summed E-state index contributed by atoms with van der Waals surface area (Å²) in [6, 6.07) is 16.3. The van der Waals surface area contributed by atoms with E-state index in [-0.39, 0.29) is 42.5 Å². The minimum Gasteiger partial charge on any atom is -0.478 e. The average molecular weight is 461 g/mol. The fourth-order valence-corrected chi connectivity index (χ4v) is 5.65. The van der Waals surface area contributed by atoms with Gasteiger partial charge in [0.1, 0.15) is 6.61 Å². The van der Waals surface area contributed by atoms with Crippen LogP contribution in [0, 0.1) is 11.3 Å². The number of benzene rings is 2. The van der Waals surface area contributed by atoms with Gasteiger partial charge in [-0.3, -0.25) is 4.79 Å². The van der Waals surface area contributed by atoms with Crippen LogP contribution in [-0.2, 0) is 14.3 Å². The van der Waals surface area contributed by atoms with E-state index in [1.54, 1.807) is 0 Å². The fourth-order valence-electron chi connectivity index (χ4n) is 5.65. The zero-order valence-electron chi connectivity index (χ0n) is 19.0. The maximum Gasteiger partial charge on any atom is 0.407 e. The average Bonchev–Trinajstić information content (AvgIpc) is 3.26. The Kier molecular flexibility index (Phi) is 5.63. The van der Waals surface area contributed by atoms with Gasteiger partial charge in [0.15, 0.2) is 0 Å². The Morgan fingerprint density at radius 3 is 2.35 bits per heavy atom. The molecule has 0 spiro atoms. The largest absolute Gasteiger partial charge is 0.478 e. The standard InChI is InChI=1S/C27H28N2O5/c1-16(24(30)31)10-11-28-25(32)27-13-17(27)12-18(14-27)29-26(33)34-15-23-21-8-4-2-6-19(21)20-7-3-5-9-22(20)23/h2-10,17-18,23H,11-15H2,1H3,(H,28,32)(H,29,33)(H,30,31)/b16-10+/t17-,18+,27+/m0/s1. The van der Waals surface area contributed by atoms with E-state index in [1.807, 2.05) is 24.3 Å². The first-order valence-electron chi connectivity index (χ1n) is 11.7. The summed E-state index contributed by atoms with van der Waals surface area (Å²) in [4.78, 5) is 36.2. The first-order valence-corrected chi connectivity index (χ1v) is 11.7. The Morgan fingerprint density at radius 1 is 1.06 bits per heavy atom. The summed E-state index contributed by atoms with van der Waals surface area (Å²) in [5.74, 6) is -0.806. The number of carbonyl (C=O) groups is 3. The van der Waals surface area contributed by atoms with Gasteiger partial charge in [-0.15, -0.1) is 0 Å². The van der Waals surface area contributed by atoms with Gasteiger partial charge in [-0.1, -0.05) is 54.6 Å². The second-order valence-electron chi connectivity index (χ2n) is 9.57. The van der Waals surface area contributed by atoms with Crippen molar-refractivity contribution in [3.05, 3.63) is 71.3 Å². The van der Waals surface area contributed by atoms with Gasteiger partial charge in [0.25, 0.3) is 0 Å². The molecule has 7 nitrogen and oxygen atoms in total. The summed E-state index contributed by atoms with van der Waals surface area (Å²) in [5.41, 5.74) is 4.45. The van der Waals surface area contributed by atoms with Crippen molar-refractivity contribution in [2.75, 3.05) is 13.2 Å². The number of nitrogens with one attached hydrogen (secondary N) is 2. The van der Waals surface area contributed by atoms with Gasteiger partial charge in [-0.2, -0.15) is 0 Å². The van der Waals surface area contributed by atoms with E-state index in [1.165, 1.54) is 35.3 Å². The number of aliphatic carboxylic acids is 1. The summed E-state index contributed by atoms with van der Waals surface area (Å²) in [7, 11) is 0. The number of rotatable bonds is 7. The van der Waals surface area contributed by atoms with E-state index < -0.39 is 17.5 Å². The summed E-state index contributed by atoms with van der Waals surface area (Å²) < 4.78 is 5.64. The van der Waals surface area contributed by atoms with Crippen molar-refractivity contribution in [1.82, 2.24) is 10.6 Å². The molecule has 0 aromatic heterocycles. The van der Waals surface area contributed by atoms with E-state index in [9.17, 15) is 14.4 Å². The number of carboxylic acids is 1. The van der Waals surface area contributed by atoms with Gasteiger partial charge in [-0.25, -0.2) is 9.59 Å². The summed E-state index contributed by atoms with van der Waals surface area (Å²) in [5, 5.41) is 14.7. The number of alkyl carbamates (subject to hydrolysis) is 1. The number of amides is 2. The molecule has 2 amide bonds. The van der Waals surface area contributed by atoms with Gasteiger partial charge in [-0.05, 0) is 54.4 Å². The number of carbonyl (C=O) groups excluding carboxylic acids is 2. The van der Waals surface area contributed by atoms with E-state index in [0.717, 1.165) is 12.8 Å². The van der Waals surface area contributed by atoms with Crippen LogP contribution in [0.15, 0.2) is 60.2 Å². The molecule has 5 rings (SSSR count). The smallest absolute Gasteiger partial charge is 0.407 e. The molecular formula is C27H28N2O5. The van der Waals surface area contributed by atoms with Gasteiger partial charge in [0.05, 0.1) is 5.41 Å². The Labute approximate surface area is 198 Å². The van der Waals surface area contributed by atoms with Gasteiger partial charge < -0.3 is 20.5 Å². The quantitative estimate of drug-likeness (QED) is 0.545. The number of hydrogen-bond donors (Lipinski definition) is 3. The number of fused-ring (bicyclic) bond motifs is 4. The van der Waals surface area contributed by atoms with Crippen LogP contribution in [0.25, 0.3) is 11.1 Å². The minimum absolute atomic E-state index is 0.00886. The van der Waals surface area contributed by atoms with Crippen LogP contribution in [0.1, 0.15) is 43.2 Å². The van der Waals surface area contributed by atoms with Crippen LogP contribution in [-0.4, -0.2) is 42.3 Å². The lowest BCUT2D eigenvalue weighted by Gasteiger charge is -2.19. The summed E-state index contributed by atoms with van der Waals surface area (Å²) in [6.45, 7) is 1.95. The van der Waals surface area contributed by atoms with Crippen molar-refractivity contribution in [3.8, 4) is 11.1 Å². The van der Waals surface area contributed by atoms with Crippen LogP contribution >= 0.6 is 0 Å². The Morgan fingerprint density at radius 2 is 1.71 bits per heavy atom. The molecule has 2 aromatic rings. The van der Waals surface area contributed by atoms with Gasteiger partial charge in [0, 0.05) is 24.1 Å². The first kappa shape index (κ1) is 22.2. The predicted octanol–water partition coefficient (Wildman–Crippen LogP) is 3.84. The molecule has 2 fully saturated rings. The highest BCUT2D eigenvalue weighted by atomic mass is 16.5. The van der Waals surface area contributed by atoms with E-state index in [0.29, 0.717) is 6.42 Å². The molecule has 2 aromatic carbocycles. The lowest BCUT2D eigenvalue weighted by molar-refractivity contribution is -0.132. The number of ether oxygens (including phenoxy) is 1. The van der Waals surface area contributed by atoms with Crippen LogP contribution in [0.4, 0.5) is 4.79 Å². The normalized spacial score (nSPS) is 24.6. The van der Waals surface area contributed by atoms with Gasteiger partial charge in [0.2, 0.25) is 5.91 Å². The van der Waals surface area contributed by atoms with Crippen molar-refractivity contribution >= 4 is 18.0 Å². The predicted molar refractivity (Wildman–Crippen MR) is 126 cm³/mol. The molecule has 0 unspecified atom stereocenters. The third kappa shape index (κ3) is 3.95. The molecule has 2 saturated carbocycles. The molecular weight excluding hydrogens is 432 g/mol. The molecule has 3 atom stereocenters. The molecule has 7 heteroatoms. The van der Waals surface area contributed by atoms with Crippen molar-refractivity contribution in [1.29, 1.82) is 0 Å². The van der Waals surface area contributed by atoms with Crippen LogP contribution in [0.5, 0.6) is 0 Å². The maximum atomic E-state index is 12.7. The molecule has 3 aliphatic rings. The maximum absolute atomic E-state index is 12.7. The fraction of sp³-hybridized carbons (Fsp3) is 0.370. The molecule has 3 N–H and O–H groups in total. The Balaban J connectivity index is 1.14. The highest BCUT2D eigenvalue weighted by Gasteiger charge is 2.65. The summed E-state index contributed by atoms with van der Waals surface area (Å²) >= 11 is 0. The Bertz CT molecular complexity index is 1140. The minimum atomic E-state index is -0.995. The zero-order chi connectivity index (χ0) is 23.9. The molecule has 0 bridgehead atoms. The van der Waals surface area contributed by atoms with Gasteiger partial charge >= 0.3 is 12.1 Å². The third-order valence-corrected chi connectivity index (χ3v) is 7.54. The highest BCUT2D eigenvalue weighted by molar-refractivity contribution is 5.88. The third-order valence-electron chi connectivity index (χ3n) is 7.54. The molecule has 176 valence electrons. The van der Waals surface area contributed by atoms with E-state index in [2.05, 4.69) is 34.9 Å². The lowest BCUT2D eigenvalue weighted by Crippen LogP contribution is -2.38. The van der Waals surface area contributed by atoms with Crippen LogP contribution < -0.4 is 10.6 Å². The van der Waals surface area contributed by atoms with Crippen LogP contribution in [0.2, 0.25) is 0 Å². The molecule has 0 heterocycles. The lowest BCUT2D eigenvalue weighted by atomic mass is 9.98. The zero-order valence-corrected chi connectivity index (χ0v) is 19.0. The van der Waals surface area contributed by atoms with Crippen molar-refractivity contribution in [3.63, 3.8) is 0 Å². The number of carboxylic acid groups (broad SMARTS) is 1. The Hall–Kier alpha value is -3.61. The van der Waals surface area contributed by atoms with E-state index in [4.69, 9.17) is 9.84 Å². The first-order chi connectivity index (χ1) is 16.4. The van der Waals surface area contributed by atoms with Crippen molar-refractivity contribution < 1.29 is 24.2 Å². The monoisotopic (exact) mass is 460 g/mol. The number of hydrogen-bond acceptors (Lipinski definition) is 4. The van der Waals surface area contributed by atoms with E-state index >= 15 is 0 Å². The SMILES string of the molecule is C/C(=C\CNC(=O)[C@]12C[C@H](NC(=O)OCC3c4ccccc4-c4ccccc43)C[C@H]1C2)C(=O)O. The highest BCUT2D eigenvalue weighted by Crippen LogP contribution is 2.63. The molecule has 0 saturated heterocycles. The summed E-state index contributed by atoms with van der Waals surface area (Å²) in [6.07, 6.45) is 3.18. The van der Waals surface area contributed by atoms with Crippen LogP contribution in [0.3, 0.4) is 0 Å². The molecule has 0 aliphatic heterocycles.